The molecule has 0 fully saturated rings. The van der Waals surface area contributed by atoms with Gasteiger partial charge in [-0.2, -0.15) is 0 Å². The van der Waals surface area contributed by atoms with Gasteiger partial charge in [0.25, 0.3) is 0 Å². The van der Waals surface area contributed by atoms with Crippen molar-refractivity contribution in [3.63, 3.8) is 0 Å². The highest BCUT2D eigenvalue weighted by Crippen LogP contribution is 2.12. The number of rotatable bonds is 36. The molecule has 0 radical (unpaired) electrons. The monoisotopic (exact) mass is 701 g/mol. The summed E-state index contributed by atoms with van der Waals surface area (Å²) in [5.41, 5.74) is 0. The van der Waals surface area contributed by atoms with E-state index in [9.17, 15) is 14.4 Å². The summed E-state index contributed by atoms with van der Waals surface area (Å²) >= 11 is 0. The van der Waals surface area contributed by atoms with Crippen LogP contribution in [0.25, 0.3) is 0 Å². The van der Waals surface area contributed by atoms with Gasteiger partial charge in [-0.05, 0) is 83.5 Å². The molecule has 0 amide bonds. The lowest BCUT2D eigenvalue weighted by Gasteiger charge is -2.18. The van der Waals surface area contributed by atoms with Gasteiger partial charge in [-0.1, -0.05) is 140 Å². The number of hydrogen-bond donors (Lipinski definition) is 0. The van der Waals surface area contributed by atoms with E-state index in [-0.39, 0.29) is 31.1 Å². The van der Waals surface area contributed by atoms with E-state index in [1.54, 1.807) is 0 Å². The van der Waals surface area contributed by atoms with Crippen LogP contribution >= 0.6 is 0 Å². The summed E-state index contributed by atoms with van der Waals surface area (Å²) < 4.78 is 16.6. The summed E-state index contributed by atoms with van der Waals surface area (Å²) in [5.74, 6) is -0.961. The van der Waals surface area contributed by atoms with Gasteiger partial charge in [-0.3, -0.25) is 14.4 Å². The van der Waals surface area contributed by atoms with Crippen molar-refractivity contribution in [2.24, 2.45) is 0 Å². The number of hydrogen-bond acceptors (Lipinski definition) is 6. The standard InChI is InChI=1S/C44H76O6/c1-4-7-10-13-16-19-21-23-25-28-31-34-37-43(46)49-40-41(39-48-42(45)36-33-30-27-24-18-15-12-9-6-3)50-44(47)38-35-32-29-26-22-20-17-14-11-8-5-2/h7,10,14,16-17,19,24,27,41H,4-6,8-9,11-13,15,18,20-23,25-26,28-40H2,1-3H3/b10-7-,17-14-,19-16-,27-24-. The number of esters is 3. The van der Waals surface area contributed by atoms with Crippen LogP contribution in [-0.4, -0.2) is 37.2 Å². The van der Waals surface area contributed by atoms with Crippen molar-refractivity contribution in [1.82, 2.24) is 0 Å². The van der Waals surface area contributed by atoms with Crippen LogP contribution in [0.3, 0.4) is 0 Å². The van der Waals surface area contributed by atoms with Gasteiger partial charge in [0.15, 0.2) is 6.10 Å². The van der Waals surface area contributed by atoms with Gasteiger partial charge in [0, 0.05) is 19.3 Å². The Labute approximate surface area is 307 Å². The van der Waals surface area contributed by atoms with Crippen LogP contribution in [0, 0.1) is 0 Å². The molecule has 1 unspecified atom stereocenters. The molecule has 0 aromatic heterocycles. The Morgan fingerprint density at radius 2 is 0.820 bits per heavy atom. The van der Waals surface area contributed by atoms with Gasteiger partial charge in [0.2, 0.25) is 0 Å². The zero-order valence-corrected chi connectivity index (χ0v) is 32.7. The van der Waals surface area contributed by atoms with Crippen molar-refractivity contribution < 1.29 is 28.6 Å². The first kappa shape index (κ1) is 47.4. The second kappa shape index (κ2) is 39.2. The van der Waals surface area contributed by atoms with Crippen LogP contribution in [0.15, 0.2) is 48.6 Å². The predicted molar refractivity (Wildman–Crippen MR) is 210 cm³/mol. The molecule has 288 valence electrons. The van der Waals surface area contributed by atoms with Crippen molar-refractivity contribution in [1.29, 1.82) is 0 Å². The van der Waals surface area contributed by atoms with Crippen LogP contribution in [0.1, 0.15) is 194 Å². The smallest absolute Gasteiger partial charge is 0.306 e. The van der Waals surface area contributed by atoms with Gasteiger partial charge in [-0.25, -0.2) is 0 Å². The van der Waals surface area contributed by atoms with Crippen LogP contribution in [-0.2, 0) is 28.6 Å². The molecule has 0 aliphatic carbocycles. The number of allylic oxidation sites excluding steroid dienone is 8. The van der Waals surface area contributed by atoms with Gasteiger partial charge in [0.05, 0.1) is 0 Å². The van der Waals surface area contributed by atoms with Crippen molar-refractivity contribution in [3.05, 3.63) is 48.6 Å². The lowest BCUT2D eigenvalue weighted by Crippen LogP contribution is -2.30. The Hall–Kier alpha value is -2.63. The first-order chi connectivity index (χ1) is 24.5. The fraction of sp³-hybridized carbons (Fsp3) is 0.750. The third-order valence-corrected chi connectivity index (χ3v) is 8.54. The van der Waals surface area contributed by atoms with Crippen LogP contribution in [0.2, 0.25) is 0 Å². The average molecular weight is 701 g/mol. The molecule has 6 nitrogen and oxygen atoms in total. The average Bonchev–Trinajstić information content (AvgIpc) is 3.11. The molecular formula is C44H76O6. The van der Waals surface area contributed by atoms with Crippen molar-refractivity contribution in [3.8, 4) is 0 Å². The van der Waals surface area contributed by atoms with Crippen LogP contribution in [0.5, 0.6) is 0 Å². The molecule has 0 aromatic rings. The molecule has 0 bridgehead atoms. The SMILES string of the molecule is CC/C=C\C/C=C\CCCCCCCC(=O)OCC(COC(=O)CCC/C=C\CCCCCC)OC(=O)CCCCCCC/C=C\CCCC. The lowest BCUT2D eigenvalue weighted by atomic mass is 10.1. The molecule has 0 aliphatic heterocycles. The zero-order valence-electron chi connectivity index (χ0n) is 32.7. The maximum Gasteiger partial charge on any atom is 0.306 e. The minimum atomic E-state index is -0.788. The predicted octanol–water partition coefficient (Wildman–Crippen LogP) is 12.8. The molecule has 1 atom stereocenters. The Balaban J connectivity index is 4.44. The molecule has 0 aromatic carbocycles. The maximum atomic E-state index is 12.6. The molecule has 50 heavy (non-hydrogen) atoms. The third kappa shape index (κ3) is 36.6. The summed E-state index contributed by atoms with van der Waals surface area (Å²) in [7, 11) is 0. The van der Waals surface area contributed by atoms with Crippen molar-refractivity contribution in [2.45, 2.75) is 200 Å². The first-order valence-electron chi connectivity index (χ1n) is 20.6. The molecule has 0 saturated heterocycles. The molecule has 0 saturated carbocycles. The second-order valence-corrected chi connectivity index (χ2v) is 13.5. The topological polar surface area (TPSA) is 78.9 Å². The van der Waals surface area contributed by atoms with E-state index >= 15 is 0 Å². The van der Waals surface area contributed by atoms with Gasteiger partial charge >= 0.3 is 17.9 Å². The fourth-order valence-electron chi connectivity index (χ4n) is 5.40. The molecule has 0 heterocycles. The van der Waals surface area contributed by atoms with Crippen LogP contribution < -0.4 is 0 Å². The molecule has 0 aliphatic rings. The van der Waals surface area contributed by atoms with Crippen molar-refractivity contribution >= 4 is 17.9 Å². The zero-order chi connectivity index (χ0) is 36.6. The van der Waals surface area contributed by atoms with E-state index in [1.165, 1.54) is 51.4 Å². The Kier molecular flexibility index (Phi) is 37.1. The van der Waals surface area contributed by atoms with E-state index in [0.29, 0.717) is 25.7 Å². The third-order valence-electron chi connectivity index (χ3n) is 8.54. The normalized spacial score (nSPS) is 12.5. The quantitative estimate of drug-likeness (QED) is 0.0280. The van der Waals surface area contributed by atoms with E-state index in [1.807, 2.05) is 0 Å². The highest BCUT2D eigenvalue weighted by molar-refractivity contribution is 5.71. The Bertz CT molecular complexity index is 902. The minimum Gasteiger partial charge on any atom is -0.462 e. The first-order valence-corrected chi connectivity index (χ1v) is 20.6. The van der Waals surface area contributed by atoms with Crippen molar-refractivity contribution in [2.75, 3.05) is 13.2 Å². The maximum absolute atomic E-state index is 12.6. The number of unbranched alkanes of at least 4 members (excludes halogenated alkanes) is 17. The molecule has 0 N–H and O–H groups in total. The fourth-order valence-corrected chi connectivity index (χ4v) is 5.40. The van der Waals surface area contributed by atoms with E-state index in [2.05, 4.69) is 69.4 Å². The highest BCUT2D eigenvalue weighted by Gasteiger charge is 2.19. The summed E-state index contributed by atoms with van der Waals surface area (Å²) in [6, 6.07) is 0. The summed E-state index contributed by atoms with van der Waals surface area (Å²) in [5, 5.41) is 0. The summed E-state index contributed by atoms with van der Waals surface area (Å²) in [6.45, 7) is 6.38. The van der Waals surface area contributed by atoms with Gasteiger partial charge < -0.3 is 14.2 Å². The number of carbonyl (C=O) groups excluding carboxylic acids is 3. The van der Waals surface area contributed by atoms with E-state index in [4.69, 9.17) is 14.2 Å². The lowest BCUT2D eigenvalue weighted by molar-refractivity contribution is -0.167. The largest absolute Gasteiger partial charge is 0.462 e. The van der Waals surface area contributed by atoms with Gasteiger partial charge in [-0.15, -0.1) is 0 Å². The molecular weight excluding hydrogens is 624 g/mol. The Morgan fingerprint density at radius 1 is 0.420 bits per heavy atom. The van der Waals surface area contributed by atoms with Crippen LogP contribution in [0.4, 0.5) is 0 Å². The van der Waals surface area contributed by atoms with Gasteiger partial charge in [0.1, 0.15) is 13.2 Å². The summed E-state index contributed by atoms with van der Waals surface area (Å²) in [6.07, 6.45) is 43.9. The highest BCUT2D eigenvalue weighted by atomic mass is 16.6. The van der Waals surface area contributed by atoms with E-state index < -0.39 is 6.10 Å². The number of ether oxygens (including phenoxy) is 3. The summed E-state index contributed by atoms with van der Waals surface area (Å²) in [4.78, 5) is 37.5. The molecule has 0 spiro atoms. The molecule has 0 rings (SSSR count). The minimum absolute atomic E-state index is 0.0931. The Morgan fingerprint density at radius 3 is 1.36 bits per heavy atom. The van der Waals surface area contributed by atoms with E-state index in [0.717, 1.165) is 96.3 Å². The molecule has 6 heteroatoms. The second-order valence-electron chi connectivity index (χ2n) is 13.5. The number of carbonyl (C=O) groups is 3.